The summed E-state index contributed by atoms with van der Waals surface area (Å²) in [6.07, 6.45) is 0. The number of imide groups is 1. The number of nitrogens with one attached hydrogen (secondary N) is 1. The average molecular weight is 413 g/mol. The number of benzene rings is 3. The van der Waals surface area contributed by atoms with Crippen LogP contribution in [0.2, 0.25) is 0 Å². The second-order valence-electron chi connectivity index (χ2n) is 7.61. The molecular weight excluding hydrogens is 392 g/mol. The van der Waals surface area contributed by atoms with Gasteiger partial charge in [0.05, 0.1) is 22.2 Å². The lowest BCUT2D eigenvalue weighted by atomic mass is 9.97. The molecule has 4 nitrogen and oxygen atoms in total. The number of para-hydroxylation sites is 1. The van der Waals surface area contributed by atoms with Crippen molar-refractivity contribution in [1.29, 1.82) is 0 Å². The maximum atomic E-state index is 13.6. The standard InChI is InChI=1S/C25H20N2O2S/c1-15-10-12-17(13-11-15)22-21-23(30-20-9-4-3-8-19(20)26-22)25(29)27(24(21)28)18-7-5-6-16(2)14-18/h3-14,22,26H,1-2H3/t22-/m0/s1. The summed E-state index contributed by atoms with van der Waals surface area (Å²) in [5, 5.41) is 3.52. The third kappa shape index (κ3) is 3.02. The summed E-state index contributed by atoms with van der Waals surface area (Å²) in [4.78, 5) is 29.8. The predicted molar refractivity (Wildman–Crippen MR) is 121 cm³/mol. The van der Waals surface area contributed by atoms with Crippen molar-refractivity contribution in [2.75, 3.05) is 10.2 Å². The van der Waals surface area contributed by atoms with Crippen molar-refractivity contribution in [3.05, 3.63) is 100.0 Å². The fourth-order valence-corrected chi connectivity index (χ4v) is 5.00. The lowest BCUT2D eigenvalue weighted by Crippen LogP contribution is -2.33. The van der Waals surface area contributed by atoms with Crippen LogP contribution in [0.25, 0.3) is 0 Å². The van der Waals surface area contributed by atoms with Crippen LogP contribution < -0.4 is 10.2 Å². The summed E-state index contributed by atoms with van der Waals surface area (Å²) in [6.45, 7) is 3.98. The highest BCUT2D eigenvalue weighted by Crippen LogP contribution is 2.48. The molecule has 1 atom stereocenters. The number of aryl methyl sites for hydroxylation is 2. The molecule has 0 saturated carbocycles. The Labute approximate surface area is 179 Å². The zero-order valence-electron chi connectivity index (χ0n) is 16.7. The summed E-state index contributed by atoms with van der Waals surface area (Å²) < 4.78 is 0. The molecule has 5 rings (SSSR count). The predicted octanol–water partition coefficient (Wildman–Crippen LogP) is 5.39. The summed E-state index contributed by atoms with van der Waals surface area (Å²) in [5.41, 5.74) is 5.14. The minimum Gasteiger partial charge on any atom is -0.373 e. The molecule has 0 spiro atoms. The molecule has 2 heterocycles. The van der Waals surface area contributed by atoms with Crippen LogP contribution in [0.5, 0.6) is 0 Å². The van der Waals surface area contributed by atoms with Crippen LogP contribution in [0.3, 0.4) is 0 Å². The van der Waals surface area contributed by atoms with E-state index < -0.39 is 6.04 Å². The van der Waals surface area contributed by atoms with E-state index in [1.807, 2.05) is 86.6 Å². The highest BCUT2D eigenvalue weighted by molar-refractivity contribution is 8.04. The number of hydrogen-bond donors (Lipinski definition) is 1. The molecule has 0 fully saturated rings. The minimum absolute atomic E-state index is 0.263. The lowest BCUT2D eigenvalue weighted by molar-refractivity contribution is -0.120. The first kappa shape index (κ1) is 18.7. The Morgan fingerprint density at radius 2 is 1.60 bits per heavy atom. The summed E-state index contributed by atoms with van der Waals surface area (Å²) in [5.74, 6) is -0.528. The van der Waals surface area contributed by atoms with Crippen molar-refractivity contribution in [2.45, 2.75) is 24.8 Å². The molecule has 2 aliphatic heterocycles. The quantitative estimate of drug-likeness (QED) is 0.574. The summed E-state index contributed by atoms with van der Waals surface area (Å²) in [6, 6.07) is 23.0. The molecule has 2 amide bonds. The van der Waals surface area contributed by atoms with Crippen LogP contribution in [-0.2, 0) is 9.59 Å². The fraction of sp³-hybridized carbons (Fsp3) is 0.120. The molecule has 2 aliphatic rings. The van der Waals surface area contributed by atoms with E-state index in [1.165, 1.54) is 16.7 Å². The third-order valence-electron chi connectivity index (χ3n) is 5.43. The van der Waals surface area contributed by atoms with Gasteiger partial charge in [-0.2, -0.15) is 0 Å². The van der Waals surface area contributed by atoms with Gasteiger partial charge in [-0.25, -0.2) is 4.90 Å². The van der Waals surface area contributed by atoms with Gasteiger partial charge < -0.3 is 5.32 Å². The number of anilines is 2. The average Bonchev–Trinajstić information content (AvgIpc) is 2.88. The number of hydrogen-bond acceptors (Lipinski definition) is 4. The van der Waals surface area contributed by atoms with E-state index in [4.69, 9.17) is 0 Å². The largest absolute Gasteiger partial charge is 0.373 e. The highest BCUT2D eigenvalue weighted by Gasteiger charge is 2.45. The maximum absolute atomic E-state index is 13.6. The van der Waals surface area contributed by atoms with Gasteiger partial charge in [0.2, 0.25) is 0 Å². The highest BCUT2D eigenvalue weighted by atomic mass is 32.2. The van der Waals surface area contributed by atoms with E-state index in [0.717, 1.165) is 27.3 Å². The van der Waals surface area contributed by atoms with Crippen molar-refractivity contribution in [1.82, 2.24) is 0 Å². The second kappa shape index (κ2) is 7.18. The molecule has 30 heavy (non-hydrogen) atoms. The number of amides is 2. The van der Waals surface area contributed by atoms with E-state index in [2.05, 4.69) is 5.32 Å². The van der Waals surface area contributed by atoms with Crippen LogP contribution in [0.15, 0.2) is 88.2 Å². The SMILES string of the molecule is Cc1ccc([C@@H]2Nc3ccccc3SC3=C2C(=O)N(c2cccc(C)c2)C3=O)cc1. The van der Waals surface area contributed by atoms with Gasteiger partial charge in [0.25, 0.3) is 11.8 Å². The normalized spacial score (nSPS) is 18.1. The fourth-order valence-electron chi connectivity index (χ4n) is 3.90. The number of fused-ring (bicyclic) bond motifs is 1. The van der Waals surface area contributed by atoms with Crippen molar-refractivity contribution in [2.24, 2.45) is 0 Å². The van der Waals surface area contributed by atoms with Gasteiger partial charge in [0.1, 0.15) is 0 Å². The molecule has 5 heteroatoms. The first-order valence-electron chi connectivity index (χ1n) is 9.82. The van der Waals surface area contributed by atoms with E-state index in [-0.39, 0.29) is 11.8 Å². The molecule has 0 bridgehead atoms. The first-order valence-corrected chi connectivity index (χ1v) is 10.6. The van der Waals surface area contributed by atoms with E-state index in [0.29, 0.717) is 16.2 Å². The molecule has 3 aromatic carbocycles. The smallest absolute Gasteiger partial charge is 0.272 e. The number of thioether (sulfide) groups is 1. The maximum Gasteiger partial charge on any atom is 0.272 e. The second-order valence-corrected chi connectivity index (χ2v) is 8.67. The van der Waals surface area contributed by atoms with Gasteiger partial charge in [0, 0.05) is 10.6 Å². The van der Waals surface area contributed by atoms with Crippen molar-refractivity contribution >= 4 is 35.0 Å². The Morgan fingerprint density at radius 3 is 2.37 bits per heavy atom. The van der Waals surface area contributed by atoms with Gasteiger partial charge >= 0.3 is 0 Å². The molecule has 148 valence electrons. The number of nitrogens with zero attached hydrogens (tertiary/aromatic N) is 1. The summed E-state index contributed by atoms with van der Waals surface area (Å²) in [7, 11) is 0. The molecular formula is C25H20N2O2S. The molecule has 0 saturated heterocycles. The number of carbonyl (C=O) groups excluding carboxylic acids is 2. The zero-order chi connectivity index (χ0) is 20.8. The number of carbonyl (C=O) groups is 2. The minimum atomic E-state index is -0.400. The van der Waals surface area contributed by atoms with Crippen LogP contribution in [0.4, 0.5) is 11.4 Å². The first-order chi connectivity index (χ1) is 14.5. The van der Waals surface area contributed by atoms with Gasteiger partial charge in [0.15, 0.2) is 0 Å². The Kier molecular flexibility index (Phi) is 4.48. The zero-order valence-corrected chi connectivity index (χ0v) is 17.5. The van der Waals surface area contributed by atoms with Gasteiger partial charge in [-0.15, -0.1) is 0 Å². The Balaban J connectivity index is 1.66. The molecule has 0 unspecified atom stereocenters. The molecule has 0 aliphatic carbocycles. The monoisotopic (exact) mass is 412 g/mol. The molecule has 0 radical (unpaired) electrons. The Morgan fingerprint density at radius 1 is 0.833 bits per heavy atom. The molecule has 0 aromatic heterocycles. The Hall–Kier alpha value is -3.31. The van der Waals surface area contributed by atoms with Crippen LogP contribution in [0.1, 0.15) is 22.7 Å². The Bertz CT molecular complexity index is 1210. The topological polar surface area (TPSA) is 49.4 Å². The van der Waals surface area contributed by atoms with Crippen molar-refractivity contribution in [3.63, 3.8) is 0 Å². The van der Waals surface area contributed by atoms with E-state index in [9.17, 15) is 9.59 Å². The van der Waals surface area contributed by atoms with Crippen LogP contribution in [0, 0.1) is 13.8 Å². The van der Waals surface area contributed by atoms with Crippen LogP contribution in [-0.4, -0.2) is 11.8 Å². The van der Waals surface area contributed by atoms with E-state index >= 15 is 0 Å². The summed E-state index contributed by atoms with van der Waals surface area (Å²) >= 11 is 1.37. The van der Waals surface area contributed by atoms with Crippen LogP contribution >= 0.6 is 11.8 Å². The van der Waals surface area contributed by atoms with Gasteiger partial charge in [-0.1, -0.05) is 65.9 Å². The van der Waals surface area contributed by atoms with Gasteiger partial charge in [-0.05, 0) is 49.2 Å². The van der Waals surface area contributed by atoms with E-state index in [1.54, 1.807) is 0 Å². The van der Waals surface area contributed by atoms with Crippen molar-refractivity contribution < 1.29 is 9.59 Å². The molecule has 1 N–H and O–H groups in total. The van der Waals surface area contributed by atoms with Crippen molar-refractivity contribution in [3.8, 4) is 0 Å². The molecule has 3 aromatic rings. The third-order valence-corrected chi connectivity index (χ3v) is 6.61. The van der Waals surface area contributed by atoms with Gasteiger partial charge in [-0.3, -0.25) is 9.59 Å². The number of rotatable bonds is 2. The lowest BCUT2D eigenvalue weighted by Gasteiger charge is -2.23.